The Morgan fingerprint density at radius 2 is 2.05 bits per heavy atom. The highest BCUT2D eigenvalue weighted by Crippen LogP contribution is 2.39. The second kappa shape index (κ2) is 4.80. The van der Waals surface area contributed by atoms with E-state index in [4.69, 9.17) is 10.8 Å². The van der Waals surface area contributed by atoms with Gasteiger partial charge in [0.1, 0.15) is 23.8 Å². The molecule has 2 heterocycles. The first-order chi connectivity index (χ1) is 10.3. The number of hydrazine groups is 1. The maximum atomic E-state index is 5.64. The molecule has 0 spiro atoms. The molecule has 0 atom stereocenters. The third-order valence-corrected chi connectivity index (χ3v) is 4.47. The minimum Gasteiger partial charge on any atom is -0.308 e. The number of anilines is 1. The summed E-state index contributed by atoms with van der Waals surface area (Å²) < 4.78 is 2.14. The van der Waals surface area contributed by atoms with E-state index in [1.165, 1.54) is 37.1 Å². The number of aromatic nitrogens is 4. The molecular formula is C15H20N6. The largest absolute Gasteiger partial charge is 0.308 e. The van der Waals surface area contributed by atoms with Crippen LogP contribution >= 0.6 is 0 Å². The van der Waals surface area contributed by atoms with Crippen molar-refractivity contribution in [2.45, 2.75) is 51.4 Å². The summed E-state index contributed by atoms with van der Waals surface area (Å²) in [6.07, 6.45) is 8.86. The maximum Gasteiger partial charge on any atom is 0.148 e. The molecule has 110 valence electrons. The van der Waals surface area contributed by atoms with Gasteiger partial charge in [0.25, 0.3) is 0 Å². The predicted molar refractivity (Wildman–Crippen MR) is 80.3 cm³/mol. The van der Waals surface area contributed by atoms with Gasteiger partial charge in [-0.05, 0) is 45.4 Å². The third-order valence-electron chi connectivity index (χ3n) is 4.47. The molecule has 3 N–H and O–H groups in total. The van der Waals surface area contributed by atoms with Gasteiger partial charge in [-0.25, -0.2) is 20.8 Å². The van der Waals surface area contributed by atoms with Gasteiger partial charge in [0.2, 0.25) is 0 Å². The monoisotopic (exact) mass is 284 g/mol. The van der Waals surface area contributed by atoms with E-state index in [0.717, 1.165) is 35.9 Å². The fourth-order valence-electron chi connectivity index (χ4n) is 3.07. The first-order valence-electron chi connectivity index (χ1n) is 7.68. The molecular weight excluding hydrogens is 264 g/mol. The Balaban J connectivity index is 1.87. The SMILES string of the molecule is Cc1c(NN)nc(C2CC2)nc1-n1cnc2c1CCCC2. The van der Waals surface area contributed by atoms with Crippen molar-refractivity contribution in [3.05, 3.63) is 29.1 Å². The Morgan fingerprint density at radius 1 is 1.24 bits per heavy atom. The third kappa shape index (κ3) is 2.10. The van der Waals surface area contributed by atoms with Crippen LogP contribution in [0, 0.1) is 6.92 Å². The predicted octanol–water partition coefficient (Wildman–Crippen LogP) is 2.01. The van der Waals surface area contributed by atoms with Crippen LogP contribution in [-0.2, 0) is 12.8 Å². The molecule has 0 aliphatic heterocycles. The summed E-state index contributed by atoms with van der Waals surface area (Å²) in [5.41, 5.74) is 6.21. The van der Waals surface area contributed by atoms with Crippen molar-refractivity contribution in [2.75, 3.05) is 5.43 Å². The van der Waals surface area contributed by atoms with Gasteiger partial charge < -0.3 is 5.43 Å². The molecule has 1 saturated carbocycles. The normalized spacial score (nSPS) is 17.6. The van der Waals surface area contributed by atoms with E-state index < -0.39 is 0 Å². The molecule has 0 aromatic carbocycles. The molecule has 0 bridgehead atoms. The fraction of sp³-hybridized carbons (Fsp3) is 0.533. The van der Waals surface area contributed by atoms with Crippen molar-refractivity contribution in [1.82, 2.24) is 19.5 Å². The second-order valence-electron chi connectivity index (χ2n) is 6.01. The minimum atomic E-state index is 0.496. The summed E-state index contributed by atoms with van der Waals surface area (Å²) in [5, 5.41) is 0. The Kier molecular flexibility index (Phi) is 2.92. The van der Waals surface area contributed by atoms with Gasteiger partial charge in [-0.2, -0.15) is 0 Å². The van der Waals surface area contributed by atoms with E-state index in [1.54, 1.807) is 0 Å². The van der Waals surface area contributed by atoms with Crippen LogP contribution in [0.25, 0.3) is 5.82 Å². The number of nitrogen functional groups attached to an aromatic ring is 1. The van der Waals surface area contributed by atoms with Crippen molar-refractivity contribution in [3.8, 4) is 5.82 Å². The number of nitrogens with zero attached hydrogens (tertiary/aromatic N) is 4. The van der Waals surface area contributed by atoms with Crippen molar-refractivity contribution in [3.63, 3.8) is 0 Å². The molecule has 2 aliphatic carbocycles. The van der Waals surface area contributed by atoms with Crippen molar-refractivity contribution in [1.29, 1.82) is 0 Å². The summed E-state index contributed by atoms with van der Waals surface area (Å²) >= 11 is 0. The molecule has 0 radical (unpaired) electrons. The van der Waals surface area contributed by atoms with Gasteiger partial charge in [-0.15, -0.1) is 0 Å². The van der Waals surface area contributed by atoms with E-state index in [2.05, 4.69) is 20.0 Å². The lowest BCUT2D eigenvalue weighted by Gasteiger charge is -2.17. The van der Waals surface area contributed by atoms with E-state index >= 15 is 0 Å². The molecule has 2 aliphatic rings. The summed E-state index contributed by atoms with van der Waals surface area (Å²) in [7, 11) is 0. The van der Waals surface area contributed by atoms with Crippen LogP contribution in [0.1, 0.15) is 54.4 Å². The number of nitrogens with one attached hydrogen (secondary N) is 1. The number of hydrogen-bond acceptors (Lipinski definition) is 5. The van der Waals surface area contributed by atoms with Gasteiger partial charge in [0.05, 0.1) is 5.69 Å². The zero-order chi connectivity index (χ0) is 14.4. The summed E-state index contributed by atoms with van der Waals surface area (Å²) in [6.45, 7) is 2.01. The molecule has 4 rings (SSSR count). The lowest BCUT2D eigenvalue weighted by Crippen LogP contribution is -2.16. The van der Waals surface area contributed by atoms with Crippen molar-refractivity contribution in [2.24, 2.45) is 5.84 Å². The topological polar surface area (TPSA) is 81.6 Å². The quantitative estimate of drug-likeness (QED) is 0.665. The Morgan fingerprint density at radius 3 is 2.81 bits per heavy atom. The molecule has 2 aromatic rings. The number of aryl methyl sites for hydroxylation is 1. The van der Waals surface area contributed by atoms with Gasteiger partial charge >= 0.3 is 0 Å². The molecule has 0 amide bonds. The van der Waals surface area contributed by atoms with E-state index in [0.29, 0.717) is 5.92 Å². The van der Waals surface area contributed by atoms with E-state index in [9.17, 15) is 0 Å². The number of fused-ring (bicyclic) bond motifs is 1. The number of rotatable bonds is 3. The highest BCUT2D eigenvalue weighted by atomic mass is 15.3. The van der Waals surface area contributed by atoms with Crippen molar-refractivity contribution < 1.29 is 0 Å². The highest BCUT2D eigenvalue weighted by Gasteiger charge is 2.29. The average molecular weight is 284 g/mol. The lowest BCUT2D eigenvalue weighted by atomic mass is 10.0. The van der Waals surface area contributed by atoms with Crippen molar-refractivity contribution >= 4 is 5.82 Å². The van der Waals surface area contributed by atoms with Crippen LogP contribution in [0.5, 0.6) is 0 Å². The molecule has 0 saturated heterocycles. The molecule has 6 heteroatoms. The van der Waals surface area contributed by atoms with Gasteiger partial charge in [0, 0.05) is 17.2 Å². The number of imidazole rings is 1. The maximum absolute atomic E-state index is 5.64. The fourth-order valence-corrected chi connectivity index (χ4v) is 3.07. The molecule has 2 aromatic heterocycles. The van der Waals surface area contributed by atoms with Gasteiger partial charge in [-0.1, -0.05) is 0 Å². The minimum absolute atomic E-state index is 0.496. The van der Waals surface area contributed by atoms with Crippen LogP contribution in [0.2, 0.25) is 0 Å². The lowest BCUT2D eigenvalue weighted by molar-refractivity contribution is 0.652. The zero-order valence-corrected chi connectivity index (χ0v) is 12.3. The number of nitrogens with two attached hydrogens (primary N) is 1. The average Bonchev–Trinajstić information content (AvgIpc) is 3.27. The smallest absolute Gasteiger partial charge is 0.148 e. The molecule has 21 heavy (non-hydrogen) atoms. The van der Waals surface area contributed by atoms with Crippen LogP contribution in [0.15, 0.2) is 6.33 Å². The number of hydrogen-bond donors (Lipinski definition) is 2. The second-order valence-corrected chi connectivity index (χ2v) is 6.01. The van der Waals surface area contributed by atoms with E-state index in [1.807, 2.05) is 13.3 Å². The molecule has 0 unspecified atom stereocenters. The van der Waals surface area contributed by atoms with Gasteiger partial charge in [0.15, 0.2) is 0 Å². The first-order valence-corrected chi connectivity index (χ1v) is 7.68. The van der Waals surface area contributed by atoms with Gasteiger partial charge in [-0.3, -0.25) is 4.57 Å². The highest BCUT2D eigenvalue weighted by molar-refractivity contribution is 5.52. The standard InChI is InChI=1S/C15H20N6/c1-9-13(20-16)18-14(10-6-7-10)19-15(9)21-8-17-11-4-2-3-5-12(11)21/h8,10H,2-7,16H2,1H3,(H,18,19,20). The van der Waals surface area contributed by atoms with Crippen LogP contribution < -0.4 is 11.3 Å². The molecule has 6 nitrogen and oxygen atoms in total. The zero-order valence-electron chi connectivity index (χ0n) is 12.3. The summed E-state index contributed by atoms with van der Waals surface area (Å²) in [6, 6.07) is 0. The Labute approximate surface area is 123 Å². The van der Waals surface area contributed by atoms with Crippen LogP contribution in [0.3, 0.4) is 0 Å². The van der Waals surface area contributed by atoms with E-state index in [-0.39, 0.29) is 0 Å². The Hall–Kier alpha value is -1.95. The van der Waals surface area contributed by atoms with Crippen LogP contribution in [-0.4, -0.2) is 19.5 Å². The van der Waals surface area contributed by atoms with Crippen LogP contribution in [0.4, 0.5) is 5.82 Å². The Bertz CT molecular complexity index is 686. The first kappa shape index (κ1) is 12.8. The molecule has 1 fully saturated rings. The summed E-state index contributed by atoms with van der Waals surface area (Å²) in [5.74, 6) is 8.68. The summed E-state index contributed by atoms with van der Waals surface area (Å²) in [4.78, 5) is 13.9.